The number of amides is 3. The van der Waals surface area contributed by atoms with Crippen molar-refractivity contribution in [1.29, 1.82) is 0 Å². The molecule has 3 heterocycles. The van der Waals surface area contributed by atoms with Gasteiger partial charge in [0.25, 0.3) is 0 Å². The molecule has 1 unspecified atom stereocenters. The molecule has 2 saturated heterocycles. The molecule has 0 bridgehead atoms. The molecule has 184 valence electrons. The first-order valence-corrected chi connectivity index (χ1v) is 12.1. The molecule has 4 rings (SSSR count). The number of carbonyl (C=O) groups excluding carboxylic acids is 3. The van der Waals surface area contributed by atoms with E-state index in [1.165, 1.54) is 4.57 Å². The van der Waals surface area contributed by atoms with E-state index >= 15 is 0 Å². The van der Waals surface area contributed by atoms with Gasteiger partial charge in [-0.25, -0.2) is 9.59 Å². The second-order valence-corrected chi connectivity index (χ2v) is 10.4. The molecule has 0 radical (unpaired) electrons. The number of ether oxygens (including phenoxy) is 1. The summed E-state index contributed by atoms with van der Waals surface area (Å²) in [6.07, 6.45) is 3.91. The molecule has 2 aliphatic heterocycles. The van der Waals surface area contributed by atoms with Crippen LogP contribution in [-0.4, -0.2) is 50.6 Å². The van der Waals surface area contributed by atoms with E-state index in [2.05, 4.69) is 5.32 Å². The third kappa shape index (κ3) is 4.88. The molecular weight excluding hydrogens is 436 g/mol. The minimum atomic E-state index is -0.679. The van der Waals surface area contributed by atoms with Gasteiger partial charge >= 0.3 is 11.8 Å². The summed E-state index contributed by atoms with van der Waals surface area (Å²) in [6, 6.07) is 5.14. The van der Waals surface area contributed by atoms with Crippen LogP contribution in [0, 0.1) is 5.92 Å². The second kappa shape index (κ2) is 9.27. The number of fused-ring (bicyclic) bond motifs is 1. The Kier molecular flexibility index (Phi) is 6.55. The largest absolute Gasteiger partial charge is 0.444 e. The van der Waals surface area contributed by atoms with Gasteiger partial charge in [-0.05, 0) is 70.4 Å². The molecule has 0 spiro atoms. The third-order valence-corrected chi connectivity index (χ3v) is 6.80. The van der Waals surface area contributed by atoms with E-state index in [1.54, 1.807) is 16.5 Å². The van der Waals surface area contributed by atoms with Crippen LogP contribution in [0.3, 0.4) is 0 Å². The number of nitrogens with zero attached hydrogens (tertiary/aromatic N) is 3. The summed E-state index contributed by atoms with van der Waals surface area (Å²) in [5.74, 6) is -0.232. The van der Waals surface area contributed by atoms with Crippen LogP contribution in [0.2, 0.25) is 0 Å². The van der Waals surface area contributed by atoms with Gasteiger partial charge in [0, 0.05) is 26.6 Å². The van der Waals surface area contributed by atoms with Crippen LogP contribution in [0.4, 0.5) is 4.79 Å². The number of piperidine rings is 2. The van der Waals surface area contributed by atoms with Crippen LogP contribution in [0.1, 0.15) is 64.5 Å². The standard InChI is InChI=1S/C25H34N4O5/c1-25(2,3)34-24(33)28-14-12-16(13-15-28)8-9-17-6-5-7-18-21(17)27(4)23(32)29(18)19-10-11-20(30)26-22(19)31/h5-7,16,19H,8-15H2,1-4H3,(H,26,30,31). The van der Waals surface area contributed by atoms with E-state index < -0.39 is 17.6 Å². The van der Waals surface area contributed by atoms with Crippen LogP contribution in [-0.2, 0) is 27.8 Å². The van der Waals surface area contributed by atoms with Gasteiger partial charge in [-0.1, -0.05) is 12.1 Å². The van der Waals surface area contributed by atoms with Gasteiger partial charge in [0.1, 0.15) is 11.6 Å². The number of nitrogens with one attached hydrogen (secondary N) is 1. The van der Waals surface area contributed by atoms with E-state index in [9.17, 15) is 19.2 Å². The average molecular weight is 471 g/mol. The van der Waals surface area contributed by atoms with Crippen LogP contribution >= 0.6 is 0 Å². The van der Waals surface area contributed by atoms with Crippen LogP contribution in [0.5, 0.6) is 0 Å². The molecule has 0 saturated carbocycles. The Morgan fingerprint density at radius 2 is 1.82 bits per heavy atom. The quantitative estimate of drug-likeness (QED) is 0.692. The van der Waals surface area contributed by atoms with E-state index in [1.807, 2.05) is 39.0 Å². The summed E-state index contributed by atoms with van der Waals surface area (Å²) in [5.41, 5.74) is 1.88. The van der Waals surface area contributed by atoms with Gasteiger partial charge in [0.2, 0.25) is 11.8 Å². The van der Waals surface area contributed by atoms with Gasteiger partial charge in [-0.2, -0.15) is 0 Å². The van der Waals surface area contributed by atoms with E-state index in [0.717, 1.165) is 42.3 Å². The first-order chi connectivity index (χ1) is 16.0. The number of imide groups is 1. The molecule has 1 atom stereocenters. The van der Waals surface area contributed by atoms with Crippen molar-refractivity contribution in [3.8, 4) is 0 Å². The van der Waals surface area contributed by atoms with Gasteiger partial charge in [0.05, 0.1) is 11.0 Å². The van der Waals surface area contributed by atoms with Gasteiger partial charge in [-0.15, -0.1) is 0 Å². The molecular formula is C25H34N4O5. The zero-order valence-electron chi connectivity index (χ0n) is 20.4. The Balaban J connectivity index is 1.46. The molecule has 9 heteroatoms. The monoisotopic (exact) mass is 470 g/mol. The van der Waals surface area contributed by atoms with Crippen molar-refractivity contribution < 1.29 is 19.1 Å². The molecule has 3 amide bonds. The Labute approximate surface area is 199 Å². The zero-order chi connectivity index (χ0) is 24.6. The molecule has 2 fully saturated rings. The summed E-state index contributed by atoms with van der Waals surface area (Å²) < 4.78 is 8.62. The second-order valence-electron chi connectivity index (χ2n) is 10.4. The average Bonchev–Trinajstić information content (AvgIpc) is 3.02. The molecule has 2 aromatic rings. The topological polar surface area (TPSA) is 103 Å². The highest BCUT2D eigenvalue weighted by Crippen LogP contribution is 2.28. The molecule has 1 aromatic heterocycles. The van der Waals surface area contributed by atoms with Crippen molar-refractivity contribution in [3.05, 3.63) is 34.2 Å². The van der Waals surface area contributed by atoms with Crippen molar-refractivity contribution in [2.24, 2.45) is 13.0 Å². The summed E-state index contributed by atoms with van der Waals surface area (Å²) in [6.45, 7) is 7.00. The molecule has 9 nitrogen and oxygen atoms in total. The minimum absolute atomic E-state index is 0.223. The lowest BCUT2D eigenvalue weighted by molar-refractivity contribution is -0.135. The number of carbonyl (C=O) groups is 3. The predicted molar refractivity (Wildman–Crippen MR) is 127 cm³/mol. The lowest BCUT2D eigenvalue weighted by atomic mass is 9.90. The number of para-hydroxylation sites is 1. The maximum Gasteiger partial charge on any atom is 0.410 e. The lowest BCUT2D eigenvalue weighted by Gasteiger charge is -2.33. The Morgan fingerprint density at radius 1 is 1.12 bits per heavy atom. The smallest absolute Gasteiger partial charge is 0.410 e. The highest BCUT2D eigenvalue weighted by Gasteiger charge is 2.32. The molecule has 1 aromatic carbocycles. The Hall–Kier alpha value is -3.10. The SMILES string of the molecule is Cn1c(=O)n(C2CCC(=O)NC2=O)c2cccc(CCC3CCN(C(=O)OC(C)(C)C)CC3)c21. The maximum absolute atomic E-state index is 13.1. The molecule has 0 aliphatic carbocycles. The minimum Gasteiger partial charge on any atom is -0.444 e. The number of benzene rings is 1. The summed E-state index contributed by atoms with van der Waals surface area (Å²) in [5, 5.41) is 2.35. The summed E-state index contributed by atoms with van der Waals surface area (Å²) >= 11 is 0. The third-order valence-electron chi connectivity index (χ3n) is 6.80. The van der Waals surface area contributed by atoms with Crippen molar-refractivity contribution >= 4 is 28.9 Å². The first-order valence-electron chi connectivity index (χ1n) is 12.1. The van der Waals surface area contributed by atoms with Crippen molar-refractivity contribution in [2.75, 3.05) is 13.1 Å². The zero-order valence-corrected chi connectivity index (χ0v) is 20.4. The fourth-order valence-electron chi connectivity index (χ4n) is 5.04. The summed E-state index contributed by atoms with van der Waals surface area (Å²) in [4.78, 5) is 51.2. The lowest BCUT2D eigenvalue weighted by Crippen LogP contribution is -2.44. The van der Waals surface area contributed by atoms with E-state index in [-0.39, 0.29) is 24.1 Å². The number of hydrogen-bond donors (Lipinski definition) is 1. The van der Waals surface area contributed by atoms with Crippen molar-refractivity contribution in [1.82, 2.24) is 19.4 Å². The van der Waals surface area contributed by atoms with Gasteiger partial charge < -0.3 is 9.64 Å². The molecule has 1 N–H and O–H groups in total. The first kappa shape index (κ1) is 24.0. The number of aromatic nitrogens is 2. The summed E-state index contributed by atoms with van der Waals surface area (Å²) in [7, 11) is 1.73. The highest BCUT2D eigenvalue weighted by atomic mass is 16.6. The van der Waals surface area contributed by atoms with Crippen LogP contribution in [0.15, 0.2) is 23.0 Å². The maximum atomic E-state index is 13.1. The van der Waals surface area contributed by atoms with Crippen molar-refractivity contribution in [2.45, 2.75) is 70.9 Å². The van der Waals surface area contributed by atoms with E-state index in [0.29, 0.717) is 25.4 Å². The Morgan fingerprint density at radius 3 is 2.47 bits per heavy atom. The number of rotatable bonds is 4. The molecule has 34 heavy (non-hydrogen) atoms. The number of aryl methyl sites for hydroxylation is 2. The van der Waals surface area contributed by atoms with E-state index in [4.69, 9.17) is 4.74 Å². The fourth-order valence-corrected chi connectivity index (χ4v) is 5.04. The number of imidazole rings is 1. The number of hydrogen-bond acceptors (Lipinski definition) is 5. The molecule has 2 aliphatic rings. The Bertz CT molecular complexity index is 1160. The predicted octanol–water partition coefficient (Wildman–Crippen LogP) is 2.90. The number of likely N-dealkylation sites (tertiary alicyclic amines) is 1. The fraction of sp³-hybridized carbons (Fsp3) is 0.600. The van der Waals surface area contributed by atoms with Crippen molar-refractivity contribution in [3.63, 3.8) is 0 Å². The highest BCUT2D eigenvalue weighted by molar-refractivity contribution is 6.00. The van der Waals surface area contributed by atoms with Gasteiger partial charge in [0.15, 0.2) is 0 Å². The van der Waals surface area contributed by atoms with Crippen LogP contribution < -0.4 is 11.0 Å². The van der Waals surface area contributed by atoms with Gasteiger partial charge in [-0.3, -0.25) is 24.0 Å². The normalized spacial score (nSPS) is 20.0. The van der Waals surface area contributed by atoms with Crippen LogP contribution in [0.25, 0.3) is 11.0 Å².